The highest BCUT2D eigenvalue weighted by molar-refractivity contribution is 5.39. The SMILES string of the molecule is COCc1cc(OC)c(F)cc1C1CCCNC1. The normalized spacial score (nSPS) is 19.8. The lowest BCUT2D eigenvalue weighted by Crippen LogP contribution is -2.29. The molecule has 1 N–H and O–H groups in total. The summed E-state index contributed by atoms with van der Waals surface area (Å²) in [7, 11) is 3.13. The van der Waals surface area contributed by atoms with E-state index in [4.69, 9.17) is 9.47 Å². The van der Waals surface area contributed by atoms with Crippen molar-refractivity contribution in [2.24, 2.45) is 0 Å². The Labute approximate surface area is 107 Å². The van der Waals surface area contributed by atoms with Gasteiger partial charge in [-0.15, -0.1) is 0 Å². The number of piperidine rings is 1. The molecule has 1 aliphatic rings. The van der Waals surface area contributed by atoms with Crippen LogP contribution in [0.4, 0.5) is 4.39 Å². The van der Waals surface area contributed by atoms with E-state index in [9.17, 15) is 4.39 Å². The van der Waals surface area contributed by atoms with E-state index in [0.717, 1.165) is 37.1 Å². The summed E-state index contributed by atoms with van der Waals surface area (Å²) >= 11 is 0. The van der Waals surface area contributed by atoms with Gasteiger partial charge in [0.15, 0.2) is 11.6 Å². The number of halogens is 1. The summed E-state index contributed by atoms with van der Waals surface area (Å²) in [6.07, 6.45) is 2.22. The molecule has 1 aromatic carbocycles. The lowest BCUT2D eigenvalue weighted by Gasteiger charge is -2.25. The van der Waals surface area contributed by atoms with Crippen LogP contribution < -0.4 is 10.1 Å². The van der Waals surface area contributed by atoms with E-state index in [1.54, 1.807) is 19.2 Å². The number of benzene rings is 1. The van der Waals surface area contributed by atoms with Gasteiger partial charge < -0.3 is 14.8 Å². The van der Waals surface area contributed by atoms with Crippen molar-refractivity contribution in [1.29, 1.82) is 0 Å². The number of methoxy groups -OCH3 is 2. The van der Waals surface area contributed by atoms with Gasteiger partial charge in [0, 0.05) is 13.7 Å². The highest BCUT2D eigenvalue weighted by Gasteiger charge is 2.20. The Morgan fingerprint density at radius 1 is 1.39 bits per heavy atom. The summed E-state index contributed by atoms with van der Waals surface area (Å²) in [5.41, 5.74) is 2.06. The van der Waals surface area contributed by atoms with Crippen LogP contribution in [0.1, 0.15) is 29.9 Å². The van der Waals surface area contributed by atoms with Gasteiger partial charge in [0.2, 0.25) is 0 Å². The summed E-state index contributed by atoms with van der Waals surface area (Å²) in [5.74, 6) is 0.358. The molecule has 1 fully saturated rings. The molecule has 1 atom stereocenters. The summed E-state index contributed by atoms with van der Waals surface area (Å²) in [5, 5.41) is 3.36. The van der Waals surface area contributed by atoms with E-state index in [1.165, 1.54) is 7.11 Å². The fraction of sp³-hybridized carbons (Fsp3) is 0.571. The van der Waals surface area contributed by atoms with E-state index in [1.807, 2.05) is 0 Å². The maximum absolute atomic E-state index is 13.8. The molecule has 4 heteroatoms. The molecule has 100 valence electrons. The Balaban J connectivity index is 2.33. The lowest BCUT2D eigenvalue weighted by atomic mass is 9.88. The monoisotopic (exact) mass is 253 g/mol. The van der Waals surface area contributed by atoms with Gasteiger partial charge in [0.1, 0.15) is 0 Å². The third-order valence-electron chi connectivity index (χ3n) is 3.45. The number of ether oxygens (including phenoxy) is 2. The summed E-state index contributed by atoms with van der Waals surface area (Å²) in [4.78, 5) is 0. The Hall–Kier alpha value is -1.13. The van der Waals surface area contributed by atoms with Crippen molar-refractivity contribution in [3.05, 3.63) is 29.1 Å². The molecule has 0 spiro atoms. The molecule has 2 rings (SSSR count). The lowest BCUT2D eigenvalue weighted by molar-refractivity contribution is 0.183. The third-order valence-corrected chi connectivity index (χ3v) is 3.45. The standard InChI is InChI=1S/C14H20FNO2/c1-17-9-11-6-14(18-2)13(15)7-12(11)10-4-3-5-16-8-10/h6-7,10,16H,3-5,8-9H2,1-2H3. The molecular weight excluding hydrogens is 233 g/mol. The molecule has 18 heavy (non-hydrogen) atoms. The van der Waals surface area contributed by atoms with Crippen LogP contribution in [0.15, 0.2) is 12.1 Å². The summed E-state index contributed by atoms with van der Waals surface area (Å²) < 4.78 is 24.1. The fourth-order valence-corrected chi connectivity index (χ4v) is 2.55. The van der Waals surface area contributed by atoms with Crippen molar-refractivity contribution in [2.75, 3.05) is 27.3 Å². The molecule has 1 aromatic rings. The molecule has 1 saturated heterocycles. The van der Waals surface area contributed by atoms with Gasteiger partial charge in [-0.05, 0) is 48.6 Å². The molecule has 0 saturated carbocycles. The highest BCUT2D eigenvalue weighted by atomic mass is 19.1. The summed E-state index contributed by atoms with van der Waals surface area (Å²) in [6.45, 7) is 2.44. The van der Waals surface area contributed by atoms with Crippen molar-refractivity contribution in [3.63, 3.8) is 0 Å². The fourth-order valence-electron chi connectivity index (χ4n) is 2.55. The zero-order valence-corrected chi connectivity index (χ0v) is 11.0. The first kappa shape index (κ1) is 13.3. The molecule has 0 radical (unpaired) electrons. The largest absolute Gasteiger partial charge is 0.494 e. The molecule has 1 heterocycles. The van der Waals surface area contributed by atoms with Crippen molar-refractivity contribution in [2.45, 2.75) is 25.4 Å². The Morgan fingerprint density at radius 3 is 2.83 bits per heavy atom. The number of nitrogens with one attached hydrogen (secondary N) is 1. The maximum atomic E-state index is 13.8. The minimum Gasteiger partial charge on any atom is -0.494 e. The molecule has 1 unspecified atom stereocenters. The number of rotatable bonds is 4. The average molecular weight is 253 g/mol. The molecule has 0 bridgehead atoms. The first-order chi connectivity index (χ1) is 8.76. The van der Waals surface area contributed by atoms with Crippen LogP contribution in [0, 0.1) is 5.82 Å². The van der Waals surface area contributed by atoms with E-state index in [2.05, 4.69) is 5.32 Å². The second-order valence-corrected chi connectivity index (χ2v) is 4.66. The molecule has 0 amide bonds. The minimum atomic E-state index is -0.294. The second-order valence-electron chi connectivity index (χ2n) is 4.66. The molecule has 0 aromatic heterocycles. The number of hydrogen-bond acceptors (Lipinski definition) is 3. The van der Waals surface area contributed by atoms with Crippen molar-refractivity contribution >= 4 is 0 Å². The van der Waals surface area contributed by atoms with Crippen LogP contribution in [0.25, 0.3) is 0 Å². The average Bonchev–Trinajstić information content (AvgIpc) is 2.41. The van der Waals surface area contributed by atoms with E-state index in [-0.39, 0.29) is 11.6 Å². The van der Waals surface area contributed by atoms with Crippen LogP contribution >= 0.6 is 0 Å². The highest BCUT2D eigenvalue weighted by Crippen LogP contribution is 2.31. The zero-order chi connectivity index (χ0) is 13.0. The van der Waals surface area contributed by atoms with Crippen LogP contribution in [-0.4, -0.2) is 27.3 Å². The smallest absolute Gasteiger partial charge is 0.165 e. The predicted molar refractivity (Wildman–Crippen MR) is 68.5 cm³/mol. The minimum absolute atomic E-state index is 0.287. The van der Waals surface area contributed by atoms with Gasteiger partial charge in [0.25, 0.3) is 0 Å². The van der Waals surface area contributed by atoms with Crippen LogP contribution in [0.2, 0.25) is 0 Å². The van der Waals surface area contributed by atoms with Crippen LogP contribution in [0.3, 0.4) is 0 Å². The Morgan fingerprint density at radius 2 is 2.22 bits per heavy atom. The first-order valence-electron chi connectivity index (χ1n) is 6.32. The predicted octanol–water partition coefficient (Wildman–Crippen LogP) is 2.45. The quantitative estimate of drug-likeness (QED) is 0.894. The van der Waals surface area contributed by atoms with Gasteiger partial charge in [0.05, 0.1) is 13.7 Å². The summed E-state index contributed by atoms with van der Waals surface area (Å²) in [6, 6.07) is 3.35. The Kier molecular flexibility index (Phi) is 4.55. The van der Waals surface area contributed by atoms with Crippen molar-refractivity contribution in [3.8, 4) is 5.75 Å². The van der Waals surface area contributed by atoms with Gasteiger partial charge in [-0.3, -0.25) is 0 Å². The van der Waals surface area contributed by atoms with Gasteiger partial charge in [-0.1, -0.05) is 0 Å². The second kappa shape index (κ2) is 6.16. The van der Waals surface area contributed by atoms with Gasteiger partial charge >= 0.3 is 0 Å². The molecule has 3 nitrogen and oxygen atoms in total. The van der Waals surface area contributed by atoms with Crippen molar-refractivity contribution in [1.82, 2.24) is 5.32 Å². The first-order valence-corrected chi connectivity index (χ1v) is 6.32. The maximum Gasteiger partial charge on any atom is 0.165 e. The van der Waals surface area contributed by atoms with E-state index < -0.39 is 0 Å². The van der Waals surface area contributed by atoms with Gasteiger partial charge in [-0.2, -0.15) is 0 Å². The van der Waals surface area contributed by atoms with E-state index >= 15 is 0 Å². The molecule has 1 aliphatic heterocycles. The molecular formula is C14H20FNO2. The van der Waals surface area contributed by atoms with E-state index in [0.29, 0.717) is 12.5 Å². The zero-order valence-electron chi connectivity index (χ0n) is 11.0. The Bertz CT molecular complexity index is 403. The molecule has 0 aliphatic carbocycles. The number of hydrogen-bond donors (Lipinski definition) is 1. The topological polar surface area (TPSA) is 30.5 Å². The van der Waals surface area contributed by atoms with Crippen molar-refractivity contribution < 1.29 is 13.9 Å². The van der Waals surface area contributed by atoms with Crippen LogP contribution in [-0.2, 0) is 11.3 Å². The van der Waals surface area contributed by atoms with Crippen LogP contribution in [0.5, 0.6) is 5.75 Å². The van der Waals surface area contributed by atoms with Gasteiger partial charge in [-0.25, -0.2) is 4.39 Å². The third kappa shape index (κ3) is 2.82.